The second-order valence-electron chi connectivity index (χ2n) is 3.72. The van der Waals surface area contributed by atoms with E-state index in [1.807, 2.05) is 0 Å². The molecule has 0 saturated carbocycles. The van der Waals surface area contributed by atoms with Crippen LogP contribution in [-0.4, -0.2) is 26.6 Å². The van der Waals surface area contributed by atoms with Crippen LogP contribution in [0, 0.1) is 0 Å². The lowest BCUT2D eigenvalue weighted by Crippen LogP contribution is -2.20. The number of carbonyl (C=O) groups excluding carboxylic acids is 1. The molecule has 0 amide bonds. The zero-order chi connectivity index (χ0) is 11.8. The molecule has 2 rings (SSSR count). The van der Waals surface area contributed by atoms with Crippen molar-refractivity contribution < 1.29 is 19.8 Å². The molecule has 0 spiro atoms. The van der Waals surface area contributed by atoms with Gasteiger partial charge in [0.2, 0.25) is 11.8 Å². The summed E-state index contributed by atoms with van der Waals surface area (Å²) in [5, 5.41) is 25.9. The molecule has 0 fully saturated rings. The lowest BCUT2D eigenvalue weighted by molar-refractivity contribution is -0.145. The molecule has 1 aliphatic heterocycles. The first-order chi connectivity index (χ1) is 7.50. The Hall–Kier alpha value is -2.05. The fourth-order valence-electron chi connectivity index (χ4n) is 1.17. The Morgan fingerprint density at radius 2 is 2.00 bits per heavy atom. The van der Waals surface area contributed by atoms with E-state index in [1.54, 1.807) is 6.92 Å². The molecule has 0 radical (unpaired) electrons. The van der Waals surface area contributed by atoms with Gasteiger partial charge in [-0.3, -0.25) is 0 Å². The summed E-state index contributed by atoms with van der Waals surface area (Å²) in [6.07, 6.45) is 0.565. The molecule has 0 aliphatic carbocycles. The number of nitrogens with zero attached hydrogens (tertiary/aromatic N) is 3. The SMILES string of the molecule is CC1(CCC(=O)On2c(O)ccc2O)N=N1. The summed E-state index contributed by atoms with van der Waals surface area (Å²) in [6.45, 7) is 1.80. The Morgan fingerprint density at radius 1 is 1.44 bits per heavy atom. The smallest absolute Gasteiger partial charge is 0.333 e. The third kappa shape index (κ3) is 2.13. The first-order valence-electron chi connectivity index (χ1n) is 4.75. The molecule has 0 saturated heterocycles. The molecule has 7 nitrogen and oxygen atoms in total. The highest BCUT2D eigenvalue weighted by Gasteiger charge is 2.34. The molecule has 1 aromatic rings. The lowest BCUT2D eigenvalue weighted by atomic mass is 10.1. The molecule has 86 valence electrons. The Labute approximate surface area is 90.9 Å². The monoisotopic (exact) mass is 225 g/mol. The van der Waals surface area contributed by atoms with Crippen LogP contribution >= 0.6 is 0 Å². The maximum atomic E-state index is 11.3. The van der Waals surface area contributed by atoms with E-state index in [0.29, 0.717) is 11.2 Å². The normalized spacial score (nSPS) is 16.1. The first-order valence-corrected chi connectivity index (χ1v) is 4.75. The molecular weight excluding hydrogens is 214 g/mol. The van der Waals surface area contributed by atoms with Gasteiger partial charge < -0.3 is 15.1 Å². The third-order valence-electron chi connectivity index (χ3n) is 2.23. The van der Waals surface area contributed by atoms with Crippen LogP contribution in [0.15, 0.2) is 22.4 Å². The second kappa shape index (κ2) is 3.51. The van der Waals surface area contributed by atoms with Crippen molar-refractivity contribution in [3.8, 4) is 11.8 Å². The van der Waals surface area contributed by atoms with Gasteiger partial charge in [0.25, 0.3) is 0 Å². The van der Waals surface area contributed by atoms with Gasteiger partial charge in [0.15, 0.2) is 5.66 Å². The fourth-order valence-corrected chi connectivity index (χ4v) is 1.17. The summed E-state index contributed by atoms with van der Waals surface area (Å²) in [7, 11) is 0. The van der Waals surface area contributed by atoms with Crippen molar-refractivity contribution in [2.75, 3.05) is 0 Å². The van der Waals surface area contributed by atoms with Crippen LogP contribution in [0.1, 0.15) is 19.8 Å². The van der Waals surface area contributed by atoms with E-state index in [1.165, 1.54) is 12.1 Å². The van der Waals surface area contributed by atoms with Crippen LogP contribution in [0.4, 0.5) is 0 Å². The van der Waals surface area contributed by atoms with Crippen LogP contribution < -0.4 is 4.84 Å². The summed E-state index contributed by atoms with van der Waals surface area (Å²) in [5.74, 6) is -1.24. The average molecular weight is 225 g/mol. The Balaban J connectivity index is 1.87. The number of hydrogen-bond acceptors (Lipinski definition) is 6. The number of aromatic nitrogens is 1. The van der Waals surface area contributed by atoms with E-state index >= 15 is 0 Å². The zero-order valence-corrected chi connectivity index (χ0v) is 8.62. The Kier molecular flexibility index (Phi) is 2.30. The summed E-state index contributed by atoms with van der Waals surface area (Å²) < 4.78 is 0.659. The summed E-state index contributed by atoms with van der Waals surface area (Å²) in [5.41, 5.74) is -0.459. The molecule has 0 unspecified atom stereocenters. The first kappa shape index (κ1) is 10.5. The van der Waals surface area contributed by atoms with Gasteiger partial charge in [0, 0.05) is 18.6 Å². The van der Waals surface area contributed by atoms with E-state index in [9.17, 15) is 15.0 Å². The van der Waals surface area contributed by atoms with Gasteiger partial charge in [0.05, 0.1) is 6.42 Å². The van der Waals surface area contributed by atoms with E-state index in [4.69, 9.17) is 4.84 Å². The highest BCUT2D eigenvalue weighted by atomic mass is 16.7. The second-order valence-corrected chi connectivity index (χ2v) is 3.72. The molecule has 7 heteroatoms. The third-order valence-corrected chi connectivity index (χ3v) is 2.23. The van der Waals surface area contributed by atoms with Crippen molar-refractivity contribution in [1.82, 2.24) is 4.73 Å². The van der Waals surface area contributed by atoms with Crippen molar-refractivity contribution in [3.63, 3.8) is 0 Å². The van der Waals surface area contributed by atoms with Gasteiger partial charge in [-0.2, -0.15) is 10.2 Å². The standard InChI is InChI=1S/C9H11N3O4/c1-9(10-11-9)5-4-8(15)16-12-6(13)2-3-7(12)14/h2-3,13-14H,4-5H2,1H3. The maximum absolute atomic E-state index is 11.3. The summed E-state index contributed by atoms with van der Waals surface area (Å²) >= 11 is 0. The van der Waals surface area contributed by atoms with Gasteiger partial charge in [-0.05, 0) is 6.92 Å². The van der Waals surface area contributed by atoms with Crippen LogP contribution in [0.2, 0.25) is 0 Å². The molecule has 0 atom stereocenters. The van der Waals surface area contributed by atoms with Crippen LogP contribution in [0.25, 0.3) is 0 Å². The predicted octanol–water partition coefficient (Wildman–Crippen LogP) is 0.817. The van der Waals surface area contributed by atoms with Crippen molar-refractivity contribution in [2.24, 2.45) is 10.2 Å². The molecule has 1 aromatic heterocycles. The largest absolute Gasteiger partial charge is 0.492 e. The van der Waals surface area contributed by atoms with E-state index in [-0.39, 0.29) is 18.2 Å². The van der Waals surface area contributed by atoms with E-state index in [2.05, 4.69) is 10.2 Å². The van der Waals surface area contributed by atoms with Crippen LogP contribution in [0.3, 0.4) is 0 Å². The molecule has 16 heavy (non-hydrogen) atoms. The molecule has 0 bridgehead atoms. The molecule has 2 heterocycles. The number of hydrogen-bond donors (Lipinski definition) is 2. The summed E-state index contributed by atoms with van der Waals surface area (Å²) in [6, 6.07) is 2.44. The number of aromatic hydroxyl groups is 2. The highest BCUT2D eigenvalue weighted by molar-refractivity contribution is 5.70. The maximum Gasteiger partial charge on any atom is 0.333 e. The van der Waals surface area contributed by atoms with Gasteiger partial charge in [-0.15, -0.1) is 4.73 Å². The molecular formula is C9H11N3O4. The van der Waals surface area contributed by atoms with Crippen LogP contribution in [0.5, 0.6) is 11.8 Å². The molecule has 0 aromatic carbocycles. The van der Waals surface area contributed by atoms with Gasteiger partial charge in [-0.1, -0.05) is 0 Å². The minimum atomic E-state index is -0.569. The van der Waals surface area contributed by atoms with Gasteiger partial charge in [-0.25, -0.2) is 4.79 Å². The fraction of sp³-hybridized carbons (Fsp3) is 0.444. The Bertz CT molecular complexity index is 426. The molecule has 1 aliphatic rings. The van der Waals surface area contributed by atoms with E-state index in [0.717, 1.165) is 0 Å². The van der Waals surface area contributed by atoms with Crippen LogP contribution in [-0.2, 0) is 4.79 Å². The topological polar surface area (TPSA) is 96.4 Å². The van der Waals surface area contributed by atoms with Gasteiger partial charge in [0.1, 0.15) is 0 Å². The summed E-state index contributed by atoms with van der Waals surface area (Å²) in [4.78, 5) is 16.1. The van der Waals surface area contributed by atoms with E-state index < -0.39 is 11.6 Å². The van der Waals surface area contributed by atoms with Gasteiger partial charge >= 0.3 is 5.97 Å². The average Bonchev–Trinajstić information content (AvgIpc) is 2.90. The van der Waals surface area contributed by atoms with Crippen molar-refractivity contribution in [3.05, 3.63) is 12.1 Å². The zero-order valence-electron chi connectivity index (χ0n) is 8.62. The van der Waals surface area contributed by atoms with Crippen molar-refractivity contribution >= 4 is 5.97 Å². The lowest BCUT2D eigenvalue weighted by Gasteiger charge is -2.07. The number of carbonyl (C=O) groups is 1. The number of rotatable bonds is 4. The minimum Gasteiger partial charge on any atom is -0.492 e. The van der Waals surface area contributed by atoms with Crippen molar-refractivity contribution in [2.45, 2.75) is 25.4 Å². The Morgan fingerprint density at radius 3 is 2.50 bits per heavy atom. The van der Waals surface area contributed by atoms with Crippen molar-refractivity contribution in [1.29, 1.82) is 0 Å². The quantitative estimate of drug-likeness (QED) is 0.792. The predicted molar refractivity (Wildman–Crippen MR) is 51.8 cm³/mol. The minimum absolute atomic E-state index is 0.112. The molecule has 2 N–H and O–H groups in total. The highest BCUT2D eigenvalue weighted by Crippen LogP contribution is 2.32.